The molecule has 0 spiro atoms. The molecule has 4 N–H and O–H groups in total. The molecule has 6 rings (SSSR count). The number of aliphatic hydroxyl groups excluding tert-OH is 2. The Labute approximate surface area is 284 Å². The van der Waals surface area contributed by atoms with E-state index in [0.29, 0.717) is 42.2 Å². The van der Waals surface area contributed by atoms with Crippen molar-refractivity contribution in [2.45, 2.75) is 71.4 Å². The number of carbonyl (C=O) groups excluding carboxylic acids is 2. The first-order valence-corrected chi connectivity index (χ1v) is 17.1. The first kappa shape index (κ1) is 36.1. The molecule has 0 radical (unpaired) electrons. The second-order valence-corrected chi connectivity index (χ2v) is 14.6. The van der Waals surface area contributed by atoms with E-state index in [2.05, 4.69) is 31.4 Å². The number of aliphatic hydroxyl groups is 2. The summed E-state index contributed by atoms with van der Waals surface area (Å²) < 4.78 is 11.1. The number of ether oxygens (including phenoxy) is 2. The molecule has 1 saturated heterocycles. The van der Waals surface area contributed by atoms with Crippen molar-refractivity contribution < 1.29 is 34.1 Å². The zero-order valence-electron chi connectivity index (χ0n) is 29.7. The van der Waals surface area contributed by atoms with Crippen LogP contribution in [0.25, 0.3) is 11.1 Å². The van der Waals surface area contributed by atoms with Crippen molar-refractivity contribution in [3.8, 4) is 16.9 Å². The number of nitrogens with one attached hydrogen (secondary N) is 2. The van der Waals surface area contributed by atoms with Gasteiger partial charge in [-0.25, -0.2) is 0 Å². The lowest BCUT2D eigenvalue weighted by molar-refractivity contribution is -0.183. The summed E-state index contributed by atoms with van der Waals surface area (Å²) in [5.74, 6) is 1.00. The van der Waals surface area contributed by atoms with E-state index in [1.807, 2.05) is 55.4 Å². The third kappa shape index (κ3) is 6.93. The molecular weight excluding hydrogens is 612 g/mol. The van der Waals surface area contributed by atoms with Crippen LogP contribution in [-0.4, -0.2) is 99.5 Å². The molecule has 0 unspecified atom stereocenters. The predicted molar refractivity (Wildman–Crippen MR) is 185 cm³/mol. The van der Waals surface area contributed by atoms with Crippen molar-refractivity contribution in [2.75, 3.05) is 53.0 Å². The van der Waals surface area contributed by atoms with Crippen LogP contribution in [0.5, 0.6) is 5.75 Å². The molecule has 2 amide bonds. The van der Waals surface area contributed by atoms with E-state index in [1.54, 1.807) is 26.2 Å². The average Bonchev–Trinajstić information content (AvgIpc) is 3.43. The highest BCUT2D eigenvalue weighted by molar-refractivity contribution is 5.97. The highest BCUT2D eigenvalue weighted by Gasteiger charge is 2.57. The number of fused-ring (bicyclic) bond motifs is 2. The first-order valence-electron chi connectivity index (χ1n) is 17.1. The fourth-order valence-electron chi connectivity index (χ4n) is 8.35. The van der Waals surface area contributed by atoms with Crippen molar-refractivity contribution in [1.29, 1.82) is 0 Å². The van der Waals surface area contributed by atoms with Gasteiger partial charge in [0.05, 0.1) is 33.0 Å². The molecule has 3 saturated carbocycles. The van der Waals surface area contributed by atoms with E-state index in [0.717, 1.165) is 28.8 Å². The van der Waals surface area contributed by atoms with Crippen LogP contribution in [0.15, 0.2) is 36.4 Å². The van der Waals surface area contributed by atoms with Crippen LogP contribution >= 0.6 is 0 Å². The van der Waals surface area contributed by atoms with Crippen LogP contribution in [0.2, 0.25) is 0 Å². The molecule has 0 aromatic heterocycles. The van der Waals surface area contributed by atoms with Gasteiger partial charge in [0, 0.05) is 62.1 Å². The van der Waals surface area contributed by atoms with Gasteiger partial charge in [0.15, 0.2) is 0 Å². The molecule has 2 aromatic carbocycles. The smallest absolute Gasteiger partial charge is 0.251 e. The van der Waals surface area contributed by atoms with Gasteiger partial charge in [-0.15, -0.1) is 0 Å². The monoisotopic (exact) mass is 666 g/mol. The normalized spacial score (nSPS) is 28.3. The van der Waals surface area contributed by atoms with Gasteiger partial charge in [-0.1, -0.05) is 39.0 Å². The topological polar surface area (TPSA) is 133 Å². The lowest BCUT2D eigenvalue weighted by atomic mass is 9.45. The average molecular weight is 667 g/mol. The fourth-order valence-corrected chi connectivity index (χ4v) is 8.35. The number of rotatable bonds is 13. The summed E-state index contributed by atoms with van der Waals surface area (Å²) >= 11 is 0. The Kier molecular flexibility index (Phi) is 11.1. The van der Waals surface area contributed by atoms with Gasteiger partial charge in [-0.2, -0.15) is 5.06 Å². The maximum absolute atomic E-state index is 14.2. The Balaban J connectivity index is 1.45. The Morgan fingerprint density at radius 2 is 1.92 bits per heavy atom. The number of para-hydroxylation sites is 1. The van der Waals surface area contributed by atoms with Gasteiger partial charge in [-0.3, -0.25) is 14.4 Å². The number of anilines is 1. The van der Waals surface area contributed by atoms with Gasteiger partial charge in [0.25, 0.3) is 5.91 Å². The van der Waals surface area contributed by atoms with Crippen LogP contribution in [0.3, 0.4) is 0 Å². The predicted octanol–water partition coefficient (Wildman–Crippen LogP) is 3.47. The van der Waals surface area contributed by atoms with Crippen molar-refractivity contribution >= 4 is 17.5 Å². The van der Waals surface area contributed by atoms with Gasteiger partial charge < -0.3 is 35.2 Å². The van der Waals surface area contributed by atoms with E-state index >= 15 is 0 Å². The van der Waals surface area contributed by atoms with Gasteiger partial charge >= 0.3 is 0 Å². The molecule has 11 heteroatoms. The molecule has 1 heterocycles. The third-order valence-electron chi connectivity index (χ3n) is 11.3. The summed E-state index contributed by atoms with van der Waals surface area (Å²) in [5.41, 5.74) is 3.95. The van der Waals surface area contributed by atoms with Crippen LogP contribution < -0.4 is 20.3 Å². The van der Waals surface area contributed by atoms with Gasteiger partial charge in [0.2, 0.25) is 5.91 Å². The number of hydrogen-bond donors (Lipinski definition) is 4. The summed E-state index contributed by atoms with van der Waals surface area (Å²) in [6.07, 6.45) is 0.493. The van der Waals surface area contributed by atoms with Crippen molar-refractivity contribution in [3.05, 3.63) is 47.5 Å². The Bertz CT molecular complexity index is 1460. The van der Waals surface area contributed by atoms with Crippen LogP contribution in [-0.2, 0) is 20.9 Å². The molecule has 2 aromatic rings. The number of nitrogens with zero attached hydrogens (tertiary/aromatic N) is 2. The standard InChI is InChI=1S/C37H54N4O7/c1-21-29-17-26(37(29,3)4)18-30(21)39-36(45)33-32(22(2)43)31(20-42)48-41(33)19-23-10-9-11-28(34(23)47-8)24-14-25(16-27(15-24)40(5)6)35(44)38-12-13-46-7/h9-11,14-16,21-22,26,29-33,42-43H,12-13,17-20H2,1-8H3,(H,38,44)(H,39,45)/t21-,22-,26+,29-,30-,31-,32+,33-/m0/s1. The summed E-state index contributed by atoms with van der Waals surface area (Å²) in [6, 6.07) is 10.6. The molecule has 4 aliphatic rings. The second kappa shape index (κ2) is 14.7. The molecule has 1 aliphatic heterocycles. The maximum atomic E-state index is 14.2. The molecule has 264 valence electrons. The second-order valence-electron chi connectivity index (χ2n) is 14.6. The molecule has 2 bridgehead atoms. The highest BCUT2D eigenvalue weighted by Crippen LogP contribution is 2.61. The number of benzene rings is 2. The van der Waals surface area contributed by atoms with E-state index in [-0.39, 0.29) is 36.4 Å². The summed E-state index contributed by atoms with van der Waals surface area (Å²) in [4.78, 5) is 35.4. The molecule has 8 atom stereocenters. The third-order valence-corrected chi connectivity index (χ3v) is 11.3. The Hall–Kier alpha value is -3.22. The number of methoxy groups -OCH3 is 2. The molecule has 48 heavy (non-hydrogen) atoms. The van der Waals surface area contributed by atoms with Crippen LogP contribution in [0, 0.1) is 29.1 Å². The largest absolute Gasteiger partial charge is 0.496 e. The minimum atomic E-state index is -0.894. The SMILES string of the molecule is COCCNC(=O)c1cc(-c2cccc(CN3O[C@@H](CO)[C@@H]([C@H](C)O)[C@H]3C(=O)N[C@H]3C[C@H]4C[C@@H]([C@@H]3C)C4(C)C)c2OC)cc(N(C)C)c1. The number of hydrogen-bond acceptors (Lipinski definition) is 9. The minimum Gasteiger partial charge on any atom is -0.496 e. The van der Waals surface area contributed by atoms with E-state index in [9.17, 15) is 19.8 Å². The van der Waals surface area contributed by atoms with E-state index in [1.165, 1.54) is 6.42 Å². The summed E-state index contributed by atoms with van der Waals surface area (Å²) in [7, 11) is 7.02. The lowest BCUT2D eigenvalue weighted by Gasteiger charge is -2.62. The maximum Gasteiger partial charge on any atom is 0.251 e. The van der Waals surface area contributed by atoms with E-state index < -0.39 is 24.2 Å². The fraction of sp³-hybridized carbons (Fsp3) is 0.622. The Morgan fingerprint density at radius 3 is 2.52 bits per heavy atom. The summed E-state index contributed by atoms with van der Waals surface area (Å²) in [5, 5.41) is 29.0. The molecule has 4 fully saturated rings. The molecular formula is C37H54N4O7. The van der Waals surface area contributed by atoms with E-state index in [4.69, 9.17) is 14.3 Å². The zero-order valence-corrected chi connectivity index (χ0v) is 29.7. The van der Waals surface area contributed by atoms with Crippen LogP contribution in [0.4, 0.5) is 5.69 Å². The Morgan fingerprint density at radius 1 is 1.17 bits per heavy atom. The number of amides is 2. The quantitative estimate of drug-likeness (QED) is 0.237. The van der Waals surface area contributed by atoms with Crippen LogP contribution in [0.1, 0.15) is 56.5 Å². The van der Waals surface area contributed by atoms with Crippen molar-refractivity contribution in [2.24, 2.45) is 29.1 Å². The highest BCUT2D eigenvalue weighted by atomic mass is 16.7. The number of hydroxylamine groups is 2. The minimum absolute atomic E-state index is 0.0432. The van der Waals surface area contributed by atoms with Gasteiger partial charge in [0.1, 0.15) is 17.9 Å². The zero-order chi connectivity index (χ0) is 34.9. The summed E-state index contributed by atoms with van der Waals surface area (Å²) in [6.45, 7) is 9.17. The molecule has 3 aliphatic carbocycles. The lowest BCUT2D eigenvalue weighted by Crippen LogP contribution is -2.62. The van der Waals surface area contributed by atoms with Crippen molar-refractivity contribution in [1.82, 2.24) is 15.7 Å². The van der Waals surface area contributed by atoms with Gasteiger partial charge in [-0.05, 0) is 66.7 Å². The number of carbonyl (C=O) groups is 2. The molecule has 11 nitrogen and oxygen atoms in total. The first-order chi connectivity index (χ1) is 22.8. The van der Waals surface area contributed by atoms with Crippen molar-refractivity contribution in [3.63, 3.8) is 0 Å².